The van der Waals surface area contributed by atoms with E-state index in [2.05, 4.69) is 31.9 Å². The minimum absolute atomic E-state index is 0.298. The molecule has 1 atom stereocenters. The van der Waals surface area contributed by atoms with Gasteiger partial charge in [-0.05, 0) is 48.9 Å². The number of benzene rings is 1. The van der Waals surface area contributed by atoms with Crippen LogP contribution in [0.15, 0.2) is 37.9 Å². The monoisotopic (exact) mass is 363 g/mol. The number of thiophene rings is 1. The van der Waals surface area contributed by atoms with Gasteiger partial charge in [-0.3, -0.25) is 0 Å². The number of hydrogen-bond acceptors (Lipinski definition) is 2. The van der Waals surface area contributed by atoms with Crippen LogP contribution in [0, 0.1) is 5.82 Å². The van der Waals surface area contributed by atoms with Crippen molar-refractivity contribution >= 4 is 43.2 Å². The minimum atomic E-state index is -0.446. The predicted octanol–water partition coefficient (Wildman–Crippen LogP) is 4.46. The molecule has 84 valence electrons. The van der Waals surface area contributed by atoms with E-state index >= 15 is 0 Å². The second-order valence-electron chi connectivity index (χ2n) is 3.30. The van der Waals surface area contributed by atoms with Gasteiger partial charge in [0.15, 0.2) is 0 Å². The van der Waals surface area contributed by atoms with Gasteiger partial charge in [0.1, 0.15) is 5.82 Å². The van der Waals surface area contributed by atoms with Crippen LogP contribution in [0.5, 0.6) is 0 Å². The minimum Gasteiger partial charge on any atom is -0.320 e. The molecule has 2 N–H and O–H groups in total. The van der Waals surface area contributed by atoms with Crippen LogP contribution in [0.25, 0.3) is 0 Å². The number of rotatable bonds is 2. The molecular formula is C11H8Br2FNS. The summed E-state index contributed by atoms with van der Waals surface area (Å²) in [6.07, 6.45) is 0. The molecule has 0 aliphatic heterocycles. The average molecular weight is 365 g/mol. The third-order valence-electron chi connectivity index (χ3n) is 2.29. The van der Waals surface area contributed by atoms with Gasteiger partial charge in [0.25, 0.3) is 0 Å². The maximum atomic E-state index is 13.8. The normalized spacial score (nSPS) is 12.8. The van der Waals surface area contributed by atoms with Gasteiger partial charge in [-0.25, -0.2) is 4.39 Å². The van der Waals surface area contributed by atoms with Gasteiger partial charge in [-0.15, -0.1) is 0 Å². The van der Waals surface area contributed by atoms with Gasteiger partial charge in [0, 0.05) is 15.4 Å². The summed E-state index contributed by atoms with van der Waals surface area (Å²) in [4.78, 5) is 0. The summed E-state index contributed by atoms with van der Waals surface area (Å²) in [5, 5.41) is 3.86. The van der Waals surface area contributed by atoms with Crippen molar-refractivity contribution in [3.63, 3.8) is 0 Å². The molecule has 1 aromatic carbocycles. The molecular weight excluding hydrogens is 357 g/mol. The highest BCUT2D eigenvalue weighted by Gasteiger charge is 2.17. The van der Waals surface area contributed by atoms with Crippen LogP contribution >= 0.6 is 43.2 Å². The van der Waals surface area contributed by atoms with Crippen LogP contribution in [0.3, 0.4) is 0 Å². The van der Waals surface area contributed by atoms with Crippen LogP contribution < -0.4 is 5.73 Å². The smallest absolute Gasteiger partial charge is 0.142 e. The molecule has 0 aliphatic carbocycles. The maximum Gasteiger partial charge on any atom is 0.142 e. The Morgan fingerprint density at radius 1 is 1.12 bits per heavy atom. The van der Waals surface area contributed by atoms with Gasteiger partial charge in [0.2, 0.25) is 0 Å². The van der Waals surface area contributed by atoms with Crippen molar-refractivity contribution in [1.29, 1.82) is 0 Å². The van der Waals surface area contributed by atoms with Crippen molar-refractivity contribution in [3.8, 4) is 0 Å². The van der Waals surface area contributed by atoms with Crippen molar-refractivity contribution in [3.05, 3.63) is 54.8 Å². The maximum absolute atomic E-state index is 13.8. The molecule has 1 nitrogen and oxygen atoms in total. The lowest BCUT2D eigenvalue weighted by Crippen LogP contribution is -2.13. The lowest BCUT2D eigenvalue weighted by atomic mass is 10.0. The molecule has 0 amide bonds. The highest BCUT2D eigenvalue weighted by Crippen LogP contribution is 2.32. The van der Waals surface area contributed by atoms with E-state index in [1.165, 1.54) is 11.3 Å². The first-order chi connectivity index (χ1) is 7.61. The molecule has 0 bridgehead atoms. The summed E-state index contributed by atoms with van der Waals surface area (Å²) < 4.78 is 15.2. The number of halogens is 3. The summed E-state index contributed by atoms with van der Waals surface area (Å²) in [6.45, 7) is 0. The first kappa shape index (κ1) is 12.2. The van der Waals surface area contributed by atoms with Crippen molar-refractivity contribution in [2.75, 3.05) is 0 Å². The zero-order chi connectivity index (χ0) is 11.7. The Morgan fingerprint density at radius 2 is 1.88 bits per heavy atom. The average Bonchev–Trinajstić information content (AvgIpc) is 2.68. The van der Waals surface area contributed by atoms with Crippen LogP contribution in [0.1, 0.15) is 17.2 Å². The molecule has 1 heterocycles. The number of nitrogens with two attached hydrogens (primary N) is 1. The topological polar surface area (TPSA) is 26.0 Å². The van der Waals surface area contributed by atoms with Crippen LogP contribution in [-0.4, -0.2) is 0 Å². The Labute approximate surface area is 114 Å². The van der Waals surface area contributed by atoms with Crippen LogP contribution in [0.2, 0.25) is 0 Å². The molecule has 2 aromatic rings. The fourth-order valence-corrected chi connectivity index (χ4v) is 3.40. The van der Waals surface area contributed by atoms with E-state index in [0.29, 0.717) is 10.0 Å². The molecule has 16 heavy (non-hydrogen) atoms. The largest absolute Gasteiger partial charge is 0.320 e. The van der Waals surface area contributed by atoms with E-state index in [0.717, 1.165) is 10.0 Å². The fraction of sp³-hybridized carbons (Fsp3) is 0.0909. The van der Waals surface area contributed by atoms with Gasteiger partial charge < -0.3 is 5.73 Å². The van der Waals surface area contributed by atoms with Crippen LogP contribution in [-0.2, 0) is 0 Å². The highest BCUT2D eigenvalue weighted by molar-refractivity contribution is 9.10. The zero-order valence-electron chi connectivity index (χ0n) is 8.08. The Morgan fingerprint density at radius 3 is 2.50 bits per heavy atom. The zero-order valence-corrected chi connectivity index (χ0v) is 12.1. The van der Waals surface area contributed by atoms with Crippen molar-refractivity contribution in [2.24, 2.45) is 5.73 Å². The number of hydrogen-bond donors (Lipinski definition) is 1. The molecule has 1 aromatic heterocycles. The van der Waals surface area contributed by atoms with E-state index < -0.39 is 6.04 Å². The van der Waals surface area contributed by atoms with E-state index in [-0.39, 0.29) is 5.82 Å². The standard InChI is InChI=1S/C11H8Br2FNS/c12-8-3-1-2-6(10(8)14)11(15)7-4-16-5-9(7)13/h1-5,11H,15H2. The quantitative estimate of drug-likeness (QED) is 0.836. The van der Waals surface area contributed by atoms with Crippen molar-refractivity contribution in [1.82, 2.24) is 0 Å². The van der Waals surface area contributed by atoms with Gasteiger partial charge in [0.05, 0.1) is 10.5 Å². The molecule has 0 saturated heterocycles. The van der Waals surface area contributed by atoms with Crippen molar-refractivity contribution < 1.29 is 4.39 Å². The van der Waals surface area contributed by atoms with E-state index in [9.17, 15) is 4.39 Å². The van der Waals surface area contributed by atoms with Gasteiger partial charge in [-0.2, -0.15) is 11.3 Å². The molecule has 0 spiro atoms. The lowest BCUT2D eigenvalue weighted by molar-refractivity contribution is 0.593. The third kappa shape index (κ3) is 2.22. The molecule has 0 fully saturated rings. The second kappa shape index (κ2) is 4.96. The third-order valence-corrected chi connectivity index (χ3v) is 4.66. The summed E-state index contributed by atoms with van der Waals surface area (Å²) in [7, 11) is 0. The van der Waals surface area contributed by atoms with Gasteiger partial charge in [-0.1, -0.05) is 12.1 Å². The molecule has 0 aliphatic rings. The second-order valence-corrected chi connectivity index (χ2v) is 5.75. The Hall–Kier alpha value is -0.230. The Bertz CT molecular complexity index is 512. The molecule has 0 radical (unpaired) electrons. The summed E-state index contributed by atoms with van der Waals surface area (Å²) in [5.41, 5.74) is 7.45. The highest BCUT2D eigenvalue weighted by atomic mass is 79.9. The molecule has 5 heteroatoms. The summed E-state index contributed by atoms with van der Waals surface area (Å²) in [5.74, 6) is -0.298. The van der Waals surface area contributed by atoms with Crippen LogP contribution in [0.4, 0.5) is 4.39 Å². The van der Waals surface area contributed by atoms with E-state index in [4.69, 9.17) is 5.73 Å². The molecule has 0 saturated carbocycles. The van der Waals surface area contributed by atoms with Gasteiger partial charge >= 0.3 is 0 Å². The summed E-state index contributed by atoms with van der Waals surface area (Å²) in [6, 6.07) is 4.70. The predicted molar refractivity (Wildman–Crippen MR) is 72.1 cm³/mol. The van der Waals surface area contributed by atoms with E-state index in [1.807, 2.05) is 10.8 Å². The fourth-order valence-electron chi connectivity index (χ4n) is 1.44. The molecule has 1 unspecified atom stereocenters. The Kier molecular flexibility index (Phi) is 3.79. The first-order valence-corrected chi connectivity index (χ1v) is 7.05. The van der Waals surface area contributed by atoms with E-state index in [1.54, 1.807) is 18.2 Å². The molecule has 2 rings (SSSR count). The summed E-state index contributed by atoms with van der Waals surface area (Å²) >= 11 is 8.10. The Balaban J connectivity index is 2.46. The SMILES string of the molecule is NC(c1cscc1Br)c1cccc(Br)c1F. The lowest BCUT2D eigenvalue weighted by Gasteiger charge is -2.13. The van der Waals surface area contributed by atoms with Crippen molar-refractivity contribution in [2.45, 2.75) is 6.04 Å². The first-order valence-electron chi connectivity index (χ1n) is 4.52.